The van der Waals surface area contributed by atoms with Crippen molar-refractivity contribution in [1.29, 1.82) is 0 Å². The van der Waals surface area contributed by atoms with Crippen LogP contribution in [-0.4, -0.2) is 33.3 Å². The summed E-state index contributed by atoms with van der Waals surface area (Å²) in [6, 6.07) is 14.1. The van der Waals surface area contributed by atoms with Crippen LogP contribution in [0.1, 0.15) is 5.56 Å². The van der Waals surface area contributed by atoms with Gasteiger partial charge in [-0.15, -0.1) is 0 Å². The van der Waals surface area contributed by atoms with Crippen LogP contribution >= 0.6 is 11.8 Å². The molecule has 7 nitrogen and oxygen atoms in total. The molecule has 3 rings (SSSR count). The Morgan fingerprint density at radius 1 is 1.24 bits per heavy atom. The molecule has 0 atom stereocenters. The molecule has 0 saturated carbocycles. The van der Waals surface area contributed by atoms with E-state index in [-0.39, 0.29) is 17.4 Å². The van der Waals surface area contributed by atoms with Crippen molar-refractivity contribution in [2.45, 2.75) is 11.7 Å². The molecule has 8 heteroatoms. The summed E-state index contributed by atoms with van der Waals surface area (Å²) in [5.41, 5.74) is 2.73. The number of imidazole rings is 1. The number of benzene rings is 2. The fraction of sp³-hybridized carbons (Fsp3) is 0.176. The zero-order valence-electron chi connectivity index (χ0n) is 13.4. The Morgan fingerprint density at radius 3 is 2.64 bits per heavy atom. The summed E-state index contributed by atoms with van der Waals surface area (Å²) in [4.78, 5) is 26.4. The number of ether oxygens (including phenoxy) is 1. The van der Waals surface area contributed by atoms with Gasteiger partial charge in [0.2, 0.25) is 0 Å². The monoisotopic (exact) mass is 357 g/mol. The van der Waals surface area contributed by atoms with E-state index in [0.29, 0.717) is 11.7 Å². The molecule has 0 aliphatic carbocycles. The lowest BCUT2D eigenvalue weighted by atomic mass is 10.2. The first-order valence-electron chi connectivity index (χ1n) is 7.46. The number of fused-ring (bicyclic) bond motifs is 1. The number of nitro benzene ring substituents is 1. The third kappa shape index (κ3) is 3.80. The number of esters is 1. The summed E-state index contributed by atoms with van der Waals surface area (Å²) < 4.78 is 6.67. The summed E-state index contributed by atoms with van der Waals surface area (Å²) in [6.45, 7) is 0.502. The summed E-state index contributed by atoms with van der Waals surface area (Å²) in [5, 5.41) is 11.5. The fourth-order valence-corrected chi connectivity index (χ4v) is 3.25. The quantitative estimate of drug-likeness (QED) is 0.291. The van der Waals surface area contributed by atoms with Gasteiger partial charge in [0.05, 0.1) is 35.4 Å². The Labute approximate surface area is 147 Å². The molecule has 25 heavy (non-hydrogen) atoms. The highest BCUT2D eigenvalue weighted by molar-refractivity contribution is 7.99. The molecule has 0 unspecified atom stereocenters. The van der Waals surface area contributed by atoms with Crippen molar-refractivity contribution in [2.75, 3.05) is 12.9 Å². The lowest BCUT2D eigenvalue weighted by Crippen LogP contribution is -2.06. The number of carbonyl (C=O) groups excluding carboxylic acids is 1. The van der Waals surface area contributed by atoms with Gasteiger partial charge in [0.25, 0.3) is 5.69 Å². The van der Waals surface area contributed by atoms with Gasteiger partial charge in [-0.2, -0.15) is 0 Å². The van der Waals surface area contributed by atoms with Gasteiger partial charge < -0.3 is 9.30 Å². The molecule has 128 valence electrons. The predicted molar refractivity (Wildman–Crippen MR) is 94.7 cm³/mol. The van der Waals surface area contributed by atoms with Crippen LogP contribution in [0, 0.1) is 10.1 Å². The number of non-ortho nitro benzene ring substituents is 1. The first-order valence-corrected chi connectivity index (χ1v) is 8.45. The minimum atomic E-state index is -0.423. The molecule has 0 aliphatic heterocycles. The van der Waals surface area contributed by atoms with Gasteiger partial charge in [0, 0.05) is 12.1 Å². The van der Waals surface area contributed by atoms with Gasteiger partial charge in [-0.3, -0.25) is 14.9 Å². The average Bonchev–Trinajstić information content (AvgIpc) is 2.98. The molecule has 3 aromatic rings. The van der Waals surface area contributed by atoms with Crippen LogP contribution in [0.2, 0.25) is 0 Å². The van der Waals surface area contributed by atoms with Gasteiger partial charge in [0.15, 0.2) is 5.16 Å². The second-order valence-corrected chi connectivity index (χ2v) is 6.20. The van der Waals surface area contributed by atoms with E-state index >= 15 is 0 Å². The number of rotatable bonds is 6. The van der Waals surface area contributed by atoms with E-state index in [1.807, 2.05) is 28.8 Å². The molecule has 1 aromatic heterocycles. The van der Waals surface area contributed by atoms with Crippen LogP contribution in [0.25, 0.3) is 11.0 Å². The second kappa shape index (κ2) is 7.35. The van der Waals surface area contributed by atoms with Crippen LogP contribution in [0.5, 0.6) is 0 Å². The molecule has 0 N–H and O–H groups in total. The van der Waals surface area contributed by atoms with Gasteiger partial charge in [-0.25, -0.2) is 4.98 Å². The Bertz CT molecular complexity index is 921. The zero-order chi connectivity index (χ0) is 17.8. The number of aromatic nitrogens is 2. The van der Waals surface area contributed by atoms with Crippen molar-refractivity contribution in [1.82, 2.24) is 9.55 Å². The van der Waals surface area contributed by atoms with Crippen LogP contribution in [-0.2, 0) is 16.1 Å². The average molecular weight is 357 g/mol. The van der Waals surface area contributed by atoms with Crippen LogP contribution < -0.4 is 0 Å². The molecule has 1 heterocycles. The van der Waals surface area contributed by atoms with Crippen molar-refractivity contribution in [2.24, 2.45) is 0 Å². The number of thioether (sulfide) groups is 1. The van der Waals surface area contributed by atoms with Gasteiger partial charge in [0.1, 0.15) is 0 Å². The molecule has 0 radical (unpaired) electrons. The Balaban J connectivity index is 1.92. The fourth-order valence-electron chi connectivity index (χ4n) is 2.40. The maximum atomic E-state index is 11.4. The Hall–Kier alpha value is -2.87. The number of hydrogen-bond donors (Lipinski definition) is 0. The van der Waals surface area contributed by atoms with E-state index in [1.54, 1.807) is 12.1 Å². The highest BCUT2D eigenvalue weighted by Crippen LogP contribution is 2.25. The number of hydrogen-bond acceptors (Lipinski definition) is 6. The first kappa shape index (κ1) is 17.0. The maximum Gasteiger partial charge on any atom is 0.316 e. The van der Waals surface area contributed by atoms with E-state index in [0.717, 1.165) is 16.6 Å². The Morgan fingerprint density at radius 2 is 1.96 bits per heavy atom. The third-order valence-electron chi connectivity index (χ3n) is 3.65. The van der Waals surface area contributed by atoms with Crippen molar-refractivity contribution in [3.63, 3.8) is 0 Å². The third-order valence-corrected chi connectivity index (χ3v) is 4.60. The predicted octanol–water partition coefficient (Wildman–Crippen LogP) is 3.26. The van der Waals surface area contributed by atoms with Gasteiger partial charge >= 0.3 is 5.97 Å². The first-order chi connectivity index (χ1) is 12.1. The topological polar surface area (TPSA) is 87.3 Å². The number of methoxy groups -OCH3 is 1. The Kier molecular flexibility index (Phi) is 4.99. The van der Waals surface area contributed by atoms with Crippen molar-refractivity contribution < 1.29 is 14.5 Å². The summed E-state index contributed by atoms with van der Waals surface area (Å²) >= 11 is 1.30. The van der Waals surface area contributed by atoms with E-state index in [1.165, 1.54) is 31.0 Å². The standard InChI is InChI=1S/C17H15N3O4S/c1-24-16(21)11-25-17-18-14-4-2-3-5-15(14)19(17)10-12-6-8-13(9-7-12)20(22)23/h2-9H,10-11H2,1H3. The molecular weight excluding hydrogens is 342 g/mol. The van der Waals surface area contributed by atoms with Gasteiger partial charge in [-0.05, 0) is 17.7 Å². The molecule has 0 spiro atoms. The SMILES string of the molecule is COC(=O)CSc1nc2ccccc2n1Cc1ccc([N+](=O)[O-])cc1. The minimum Gasteiger partial charge on any atom is -0.468 e. The van der Waals surface area contributed by atoms with Crippen LogP contribution in [0.4, 0.5) is 5.69 Å². The van der Waals surface area contributed by atoms with Crippen LogP contribution in [0.3, 0.4) is 0 Å². The molecule has 0 bridgehead atoms. The number of nitro groups is 1. The number of para-hydroxylation sites is 2. The zero-order valence-corrected chi connectivity index (χ0v) is 14.2. The van der Waals surface area contributed by atoms with Crippen molar-refractivity contribution >= 4 is 34.5 Å². The normalized spacial score (nSPS) is 10.8. The van der Waals surface area contributed by atoms with Crippen molar-refractivity contribution in [3.8, 4) is 0 Å². The molecule has 0 amide bonds. The molecule has 2 aromatic carbocycles. The smallest absolute Gasteiger partial charge is 0.316 e. The maximum absolute atomic E-state index is 11.4. The highest BCUT2D eigenvalue weighted by Gasteiger charge is 2.14. The largest absolute Gasteiger partial charge is 0.468 e. The molecule has 0 fully saturated rings. The lowest BCUT2D eigenvalue weighted by Gasteiger charge is -2.09. The van der Waals surface area contributed by atoms with E-state index in [4.69, 9.17) is 0 Å². The lowest BCUT2D eigenvalue weighted by molar-refractivity contribution is -0.384. The highest BCUT2D eigenvalue weighted by atomic mass is 32.2. The van der Waals surface area contributed by atoms with E-state index in [2.05, 4.69) is 9.72 Å². The van der Waals surface area contributed by atoms with Crippen molar-refractivity contribution in [3.05, 3.63) is 64.2 Å². The van der Waals surface area contributed by atoms with Crippen LogP contribution in [0.15, 0.2) is 53.7 Å². The number of nitrogens with zero attached hydrogens (tertiary/aromatic N) is 3. The summed E-state index contributed by atoms with van der Waals surface area (Å²) in [6.07, 6.45) is 0. The summed E-state index contributed by atoms with van der Waals surface area (Å²) in [7, 11) is 1.35. The van der Waals surface area contributed by atoms with E-state index < -0.39 is 4.92 Å². The van der Waals surface area contributed by atoms with Gasteiger partial charge in [-0.1, -0.05) is 36.0 Å². The molecule has 0 saturated heterocycles. The minimum absolute atomic E-state index is 0.0551. The molecule has 0 aliphatic rings. The molecular formula is C17H15N3O4S. The van der Waals surface area contributed by atoms with E-state index in [9.17, 15) is 14.9 Å². The second-order valence-electron chi connectivity index (χ2n) is 5.26. The summed E-state index contributed by atoms with van der Waals surface area (Å²) in [5.74, 6) is -0.154. The number of carbonyl (C=O) groups is 1.